The van der Waals surface area contributed by atoms with Gasteiger partial charge in [0.05, 0.1) is 10.6 Å². The summed E-state index contributed by atoms with van der Waals surface area (Å²) in [5.74, 6) is -0.345. The Balaban J connectivity index is 2.12. The Kier molecular flexibility index (Phi) is 3.47. The van der Waals surface area contributed by atoms with Crippen LogP contribution in [0.1, 0.15) is 24.8 Å². The van der Waals surface area contributed by atoms with E-state index in [0.717, 1.165) is 25.3 Å². The minimum atomic E-state index is -4.49. The molecule has 7 heteroatoms. The number of rotatable bonds is 2. The van der Waals surface area contributed by atoms with Crippen molar-refractivity contribution in [2.45, 2.75) is 25.4 Å². The second kappa shape index (κ2) is 4.76. The van der Waals surface area contributed by atoms with Crippen LogP contribution in [0.2, 0.25) is 5.02 Å². The number of carbonyl (C=O) groups is 1. The highest BCUT2D eigenvalue weighted by Crippen LogP contribution is 2.33. The molecular weight excluding hydrogens is 269 g/mol. The van der Waals surface area contributed by atoms with Crippen molar-refractivity contribution >= 4 is 23.3 Å². The number of amides is 1. The van der Waals surface area contributed by atoms with E-state index in [4.69, 9.17) is 11.6 Å². The first-order chi connectivity index (χ1) is 8.38. The molecule has 1 N–H and O–H groups in total. The third kappa shape index (κ3) is 2.75. The van der Waals surface area contributed by atoms with Crippen LogP contribution in [0.4, 0.5) is 19.0 Å². The van der Waals surface area contributed by atoms with Crippen molar-refractivity contribution in [3.63, 3.8) is 0 Å². The first-order valence-corrected chi connectivity index (χ1v) is 5.79. The number of nitrogens with zero attached hydrogens (tertiary/aromatic N) is 1. The van der Waals surface area contributed by atoms with Crippen LogP contribution in [0, 0.1) is 5.92 Å². The number of hydrogen-bond donors (Lipinski definition) is 1. The van der Waals surface area contributed by atoms with Gasteiger partial charge in [0.15, 0.2) is 5.82 Å². The van der Waals surface area contributed by atoms with Crippen LogP contribution in [0.25, 0.3) is 0 Å². The standard InChI is InChI=1S/C11H10ClF3N2O/c12-8-4-7(11(13,14)15)5-16-9(8)17-10(18)6-2-1-3-6/h4-6H,1-3H2,(H,16,17,18). The molecule has 0 aliphatic heterocycles. The largest absolute Gasteiger partial charge is 0.417 e. The van der Waals surface area contributed by atoms with Crippen LogP contribution in [-0.4, -0.2) is 10.9 Å². The van der Waals surface area contributed by atoms with Crippen LogP contribution in [-0.2, 0) is 11.0 Å². The SMILES string of the molecule is O=C(Nc1ncc(C(F)(F)F)cc1Cl)C1CCC1. The summed E-state index contributed by atoms with van der Waals surface area (Å²) in [7, 11) is 0. The fourth-order valence-electron chi connectivity index (χ4n) is 1.57. The van der Waals surface area contributed by atoms with E-state index in [0.29, 0.717) is 6.20 Å². The Hall–Kier alpha value is -1.30. The Bertz CT molecular complexity index is 472. The number of halogens is 4. The van der Waals surface area contributed by atoms with Gasteiger partial charge >= 0.3 is 6.18 Å². The normalized spacial score (nSPS) is 16.2. The zero-order valence-corrected chi connectivity index (χ0v) is 9.98. The van der Waals surface area contributed by atoms with E-state index < -0.39 is 11.7 Å². The van der Waals surface area contributed by atoms with E-state index in [-0.39, 0.29) is 22.7 Å². The minimum absolute atomic E-state index is 0.0263. The van der Waals surface area contributed by atoms with Gasteiger partial charge in [0.2, 0.25) is 5.91 Å². The third-order valence-electron chi connectivity index (χ3n) is 2.89. The van der Waals surface area contributed by atoms with E-state index in [2.05, 4.69) is 10.3 Å². The molecule has 1 aliphatic rings. The highest BCUT2D eigenvalue weighted by Gasteiger charge is 2.32. The molecule has 0 radical (unpaired) electrons. The van der Waals surface area contributed by atoms with E-state index in [1.165, 1.54) is 0 Å². The van der Waals surface area contributed by atoms with E-state index in [1.807, 2.05) is 0 Å². The van der Waals surface area contributed by atoms with Gasteiger partial charge in [0.25, 0.3) is 0 Å². The van der Waals surface area contributed by atoms with Crippen molar-refractivity contribution in [3.8, 4) is 0 Å². The van der Waals surface area contributed by atoms with Gasteiger partial charge in [-0.25, -0.2) is 4.98 Å². The summed E-state index contributed by atoms with van der Waals surface area (Å²) in [4.78, 5) is 15.1. The van der Waals surface area contributed by atoms with Crippen LogP contribution in [0.3, 0.4) is 0 Å². The quantitative estimate of drug-likeness (QED) is 0.900. The van der Waals surface area contributed by atoms with Gasteiger partial charge in [-0.1, -0.05) is 18.0 Å². The molecule has 0 unspecified atom stereocenters. The van der Waals surface area contributed by atoms with Gasteiger partial charge < -0.3 is 5.32 Å². The first-order valence-electron chi connectivity index (χ1n) is 5.41. The lowest BCUT2D eigenvalue weighted by atomic mass is 9.85. The second-order valence-corrected chi connectivity index (χ2v) is 4.58. The monoisotopic (exact) mass is 278 g/mol. The molecule has 0 bridgehead atoms. The number of nitrogens with one attached hydrogen (secondary N) is 1. The van der Waals surface area contributed by atoms with Crippen molar-refractivity contribution in [1.82, 2.24) is 4.98 Å². The Morgan fingerprint density at radius 3 is 2.56 bits per heavy atom. The number of alkyl halides is 3. The minimum Gasteiger partial charge on any atom is -0.309 e. The zero-order valence-electron chi connectivity index (χ0n) is 9.22. The van der Waals surface area contributed by atoms with Crippen molar-refractivity contribution in [3.05, 3.63) is 22.8 Å². The van der Waals surface area contributed by atoms with E-state index >= 15 is 0 Å². The van der Waals surface area contributed by atoms with Gasteiger partial charge in [-0.3, -0.25) is 4.79 Å². The van der Waals surface area contributed by atoms with Crippen LogP contribution in [0.5, 0.6) is 0 Å². The van der Waals surface area contributed by atoms with Crippen molar-refractivity contribution in [1.29, 1.82) is 0 Å². The molecule has 1 amide bonds. The molecule has 1 fully saturated rings. The number of aromatic nitrogens is 1. The van der Waals surface area contributed by atoms with Crippen molar-refractivity contribution in [2.24, 2.45) is 5.92 Å². The maximum absolute atomic E-state index is 12.4. The molecule has 18 heavy (non-hydrogen) atoms. The smallest absolute Gasteiger partial charge is 0.309 e. The van der Waals surface area contributed by atoms with Gasteiger partial charge in [-0.2, -0.15) is 13.2 Å². The fourth-order valence-corrected chi connectivity index (χ4v) is 1.79. The molecule has 3 nitrogen and oxygen atoms in total. The molecular formula is C11H10ClF3N2O. The number of hydrogen-bond acceptors (Lipinski definition) is 2. The molecule has 1 aromatic rings. The molecule has 1 saturated carbocycles. The summed E-state index contributed by atoms with van der Waals surface area (Å²) in [5.41, 5.74) is -0.936. The summed E-state index contributed by atoms with van der Waals surface area (Å²) < 4.78 is 37.1. The molecule has 0 spiro atoms. The predicted molar refractivity (Wildman–Crippen MR) is 60.2 cm³/mol. The summed E-state index contributed by atoms with van der Waals surface area (Å²) in [6.07, 6.45) is -1.25. The topological polar surface area (TPSA) is 42.0 Å². The van der Waals surface area contributed by atoms with Crippen LogP contribution in [0.15, 0.2) is 12.3 Å². The lowest BCUT2D eigenvalue weighted by Crippen LogP contribution is -2.28. The van der Waals surface area contributed by atoms with E-state index in [9.17, 15) is 18.0 Å². The maximum atomic E-state index is 12.4. The summed E-state index contributed by atoms with van der Waals surface area (Å²) in [6.45, 7) is 0. The summed E-state index contributed by atoms with van der Waals surface area (Å²) in [5, 5.41) is 2.23. The molecule has 0 saturated heterocycles. The van der Waals surface area contributed by atoms with Crippen LogP contribution < -0.4 is 5.32 Å². The Morgan fingerprint density at radius 1 is 1.44 bits per heavy atom. The molecule has 2 rings (SSSR count). The van der Waals surface area contributed by atoms with Gasteiger partial charge in [-0.05, 0) is 18.9 Å². The lowest BCUT2D eigenvalue weighted by Gasteiger charge is -2.24. The third-order valence-corrected chi connectivity index (χ3v) is 3.17. The second-order valence-electron chi connectivity index (χ2n) is 4.17. The van der Waals surface area contributed by atoms with E-state index in [1.54, 1.807) is 0 Å². The van der Waals surface area contributed by atoms with Gasteiger partial charge in [0, 0.05) is 12.1 Å². The zero-order chi connectivity index (χ0) is 13.3. The Labute approximate surface area is 106 Å². The Morgan fingerprint density at radius 2 is 2.11 bits per heavy atom. The number of carbonyl (C=O) groups excluding carboxylic acids is 1. The average Bonchev–Trinajstić information content (AvgIpc) is 2.16. The van der Waals surface area contributed by atoms with Gasteiger partial charge in [0.1, 0.15) is 0 Å². The molecule has 0 atom stereocenters. The van der Waals surface area contributed by atoms with Crippen molar-refractivity contribution < 1.29 is 18.0 Å². The maximum Gasteiger partial charge on any atom is 0.417 e. The number of pyridine rings is 1. The predicted octanol–water partition coefficient (Wildman–Crippen LogP) is 3.49. The molecule has 98 valence electrons. The lowest BCUT2D eigenvalue weighted by molar-refractivity contribution is -0.137. The highest BCUT2D eigenvalue weighted by atomic mass is 35.5. The van der Waals surface area contributed by atoms with Crippen LogP contribution >= 0.6 is 11.6 Å². The summed E-state index contributed by atoms with van der Waals surface area (Å²) >= 11 is 5.67. The average molecular weight is 279 g/mol. The first kappa shape index (κ1) is 13.1. The van der Waals surface area contributed by atoms with Gasteiger partial charge in [-0.15, -0.1) is 0 Å². The molecule has 0 aromatic carbocycles. The molecule has 1 aliphatic carbocycles. The fraction of sp³-hybridized carbons (Fsp3) is 0.455. The highest BCUT2D eigenvalue weighted by molar-refractivity contribution is 6.33. The molecule has 1 heterocycles. The molecule has 1 aromatic heterocycles. The van der Waals surface area contributed by atoms with Crippen molar-refractivity contribution in [2.75, 3.05) is 5.32 Å². The summed E-state index contributed by atoms with van der Waals surface area (Å²) in [6, 6.07) is 0.755. The number of anilines is 1.